The number of carboxylic acids is 1. The second kappa shape index (κ2) is 4.82. The lowest BCUT2D eigenvalue weighted by Gasteiger charge is -2.35. The smallest absolute Gasteiger partial charge is 0.304 e. The van der Waals surface area contributed by atoms with Gasteiger partial charge in [0.1, 0.15) is 0 Å². The van der Waals surface area contributed by atoms with Crippen molar-refractivity contribution in [1.82, 2.24) is 9.80 Å². The van der Waals surface area contributed by atoms with Crippen LogP contribution in [0.15, 0.2) is 0 Å². The fourth-order valence-corrected chi connectivity index (χ4v) is 1.64. The maximum Gasteiger partial charge on any atom is 0.304 e. The minimum absolute atomic E-state index is 0.0633. The van der Waals surface area contributed by atoms with Gasteiger partial charge in [0, 0.05) is 32.2 Å². The Labute approximate surface area is 83.5 Å². The topological polar surface area (TPSA) is 67.6 Å². The molecule has 0 aromatic rings. The van der Waals surface area contributed by atoms with Crippen LogP contribution in [0.4, 0.5) is 0 Å². The summed E-state index contributed by atoms with van der Waals surface area (Å²) >= 11 is 0. The van der Waals surface area contributed by atoms with Gasteiger partial charge in [-0.05, 0) is 6.92 Å². The molecule has 1 heterocycles. The van der Waals surface area contributed by atoms with Crippen molar-refractivity contribution in [2.75, 3.05) is 26.2 Å². The first-order valence-corrected chi connectivity index (χ1v) is 4.74. The van der Waals surface area contributed by atoms with Gasteiger partial charge < -0.3 is 10.0 Å². The summed E-state index contributed by atoms with van der Waals surface area (Å²) in [6.07, 6.45) is 2.27. The van der Waals surface area contributed by atoms with E-state index in [4.69, 9.17) is 10.4 Å². The molecule has 5 heteroatoms. The predicted octanol–water partition coefficient (Wildman–Crippen LogP) is -0.0517. The molecule has 0 aliphatic carbocycles. The average molecular weight is 197 g/mol. The van der Waals surface area contributed by atoms with Crippen LogP contribution in [-0.2, 0) is 4.79 Å². The zero-order valence-electron chi connectivity index (χ0n) is 8.31. The Bertz CT molecular complexity index is 241. The fraction of sp³-hybridized carbons (Fsp3) is 0.778. The van der Waals surface area contributed by atoms with E-state index in [-0.39, 0.29) is 12.5 Å². The van der Waals surface area contributed by atoms with E-state index in [1.807, 2.05) is 6.92 Å². The average Bonchev–Trinajstić information content (AvgIpc) is 2.17. The molecule has 1 unspecified atom stereocenters. The molecule has 1 atom stereocenters. The van der Waals surface area contributed by atoms with Crippen molar-refractivity contribution in [1.29, 1.82) is 5.26 Å². The fourth-order valence-electron chi connectivity index (χ4n) is 1.64. The standard InChI is InChI=1S/C9H15N3O2/c1-8(6-9(13)14)12-4-2-11(7-10)3-5-12/h8H,2-6H2,1H3,(H,13,14). The van der Waals surface area contributed by atoms with Gasteiger partial charge in [0.05, 0.1) is 6.42 Å². The van der Waals surface area contributed by atoms with Crippen LogP contribution >= 0.6 is 0 Å². The number of carboxylic acid groups (broad SMARTS) is 1. The van der Waals surface area contributed by atoms with E-state index < -0.39 is 5.97 Å². The minimum atomic E-state index is -0.764. The van der Waals surface area contributed by atoms with Crippen LogP contribution in [0.1, 0.15) is 13.3 Å². The molecule has 1 N–H and O–H groups in total. The highest BCUT2D eigenvalue weighted by Gasteiger charge is 2.21. The zero-order valence-corrected chi connectivity index (χ0v) is 8.31. The molecule has 1 saturated heterocycles. The molecule has 1 aliphatic heterocycles. The van der Waals surface area contributed by atoms with Gasteiger partial charge in [-0.2, -0.15) is 5.26 Å². The highest BCUT2D eigenvalue weighted by molar-refractivity contribution is 5.67. The Hall–Kier alpha value is -1.28. The summed E-state index contributed by atoms with van der Waals surface area (Å²) in [5.41, 5.74) is 0. The number of piperazine rings is 1. The van der Waals surface area contributed by atoms with Crippen molar-refractivity contribution in [3.63, 3.8) is 0 Å². The molecular formula is C9H15N3O2. The van der Waals surface area contributed by atoms with Gasteiger partial charge in [-0.3, -0.25) is 9.69 Å². The van der Waals surface area contributed by atoms with E-state index in [9.17, 15) is 4.79 Å². The lowest BCUT2D eigenvalue weighted by Crippen LogP contribution is -2.48. The highest BCUT2D eigenvalue weighted by atomic mass is 16.4. The first kappa shape index (κ1) is 10.8. The van der Waals surface area contributed by atoms with Crippen LogP contribution in [-0.4, -0.2) is 53.1 Å². The van der Waals surface area contributed by atoms with Crippen LogP contribution in [0.25, 0.3) is 0 Å². The maximum atomic E-state index is 10.5. The van der Waals surface area contributed by atoms with E-state index >= 15 is 0 Å². The van der Waals surface area contributed by atoms with Crippen molar-refractivity contribution < 1.29 is 9.90 Å². The van der Waals surface area contributed by atoms with E-state index in [2.05, 4.69) is 11.1 Å². The largest absolute Gasteiger partial charge is 0.481 e. The number of hydrogen-bond acceptors (Lipinski definition) is 4. The van der Waals surface area contributed by atoms with Gasteiger partial charge in [-0.1, -0.05) is 0 Å². The first-order chi connectivity index (χ1) is 6.63. The molecule has 0 aromatic carbocycles. The molecule has 1 aliphatic rings. The zero-order chi connectivity index (χ0) is 10.6. The second-order valence-corrected chi connectivity index (χ2v) is 3.57. The quantitative estimate of drug-likeness (QED) is 0.642. The molecule has 1 fully saturated rings. The molecule has 0 amide bonds. The van der Waals surface area contributed by atoms with Gasteiger partial charge in [-0.15, -0.1) is 0 Å². The molecule has 1 rings (SSSR count). The Morgan fingerprint density at radius 1 is 1.50 bits per heavy atom. The maximum absolute atomic E-state index is 10.5. The second-order valence-electron chi connectivity index (χ2n) is 3.57. The molecular weight excluding hydrogens is 182 g/mol. The van der Waals surface area contributed by atoms with Gasteiger partial charge in [0.2, 0.25) is 0 Å². The van der Waals surface area contributed by atoms with E-state index in [0.717, 1.165) is 13.1 Å². The Morgan fingerprint density at radius 2 is 2.07 bits per heavy atom. The summed E-state index contributed by atoms with van der Waals surface area (Å²) in [4.78, 5) is 14.3. The van der Waals surface area contributed by atoms with Crippen LogP contribution < -0.4 is 0 Å². The van der Waals surface area contributed by atoms with Crippen molar-refractivity contribution in [3.05, 3.63) is 0 Å². The van der Waals surface area contributed by atoms with Crippen LogP contribution in [0.5, 0.6) is 0 Å². The molecule has 0 saturated carbocycles. The number of rotatable bonds is 3. The third-order valence-electron chi connectivity index (χ3n) is 2.55. The SMILES string of the molecule is CC(CC(=O)O)N1CCN(C#N)CC1. The summed E-state index contributed by atoms with van der Waals surface area (Å²) in [7, 11) is 0. The van der Waals surface area contributed by atoms with Crippen molar-refractivity contribution >= 4 is 5.97 Å². The van der Waals surface area contributed by atoms with Crippen molar-refractivity contribution in [3.8, 4) is 6.19 Å². The lowest BCUT2D eigenvalue weighted by atomic mass is 10.2. The number of nitrogens with zero attached hydrogens (tertiary/aromatic N) is 3. The summed E-state index contributed by atoms with van der Waals surface area (Å²) < 4.78 is 0. The normalized spacial score (nSPS) is 20.1. The van der Waals surface area contributed by atoms with Gasteiger partial charge in [-0.25, -0.2) is 0 Å². The van der Waals surface area contributed by atoms with Crippen LogP contribution in [0.2, 0.25) is 0 Å². The Balaban J connectivity index is 2.34. The Morgan fingerprint density at radius 3 is 2.50 bits per heavy atom. The predicted molar refractivity (Wildman–Crippen MR) is 50.5 cm³/mol. The first-order valence-electron chi connectivity index (χ1n) is 4.74. The van der Waals surface area contributed by atoms with E-state index in [0.29, 0.717) is 13.1 Å². The molecule has 0 aromatic heterocycles. The number of carbonyl (C=O) groups is 1. The Kier molecular flexibility index (Phi) is 3.72. The monoisotopic (exact) mass is 197 g/mol. The van der Waals surface area contributed by atoms with Crippen LogP contribution in [0.3, 0.4) is 0 Å². The number of aliphatic carboxylic acids is 1. The van der Waals surface area contributed by atoms with Crippen molar-refractivity contribution in [2.24, 2.45) is 0 Å². The van der Waals surface area contributed by atoms with Gasteiger partial charge >= 0.3 is 5.97 Å². The van der Waals surface area contributed by atoms with Gasteiger partial charge in [0.25, 0.3) is 0 Å². The molecule has 0 bridgehead atoms. The summed E-state index contributed by atoms with van der Waals surface area (Å²) in [5, 5.41) is 17.2. The van der Waals surface area contributed by atoms with E-state index in [1.165, 1.54) is 0 Å². The molecule has 14 heavy (non-hydrogen) atoms. The van der Waals surface area contributed by atoms with Crippen molar-refractivity contribution in [2.45, 2.75) is 19.4 Å². The molecule has 0 radical (unpaired) electrons. The van der Waals surface area contributed by atoms with Crippen LogP contribution in [0, 0.1) is 11.5 Å². The summed E-state index contributed by atoms with van der Waals surface area (Å²) in [6, 6.07) is 0.0633. The van der Waals surface area contributed by atoms with Gasteiger partial charge in [0.15, 0.2) is 6.19 Å². The third-order valence-corrected chi connectivity index (χ3v) is 2.55. The summed E-state index contributed by atoms with van der Waals surface area (Å²) in [5.74, 6) is -0.764. The highest BCUT2D eigenvalue weighted by Crippen LogP contribution is 2.08. The third kappa shape index (κ3) is 2.89. The molecule has 0 spiro atoms. The molecule has 78 valence electrons. The summed E-state index contributed by atoms with van der Waals surface area (Å²) in [6.45, 7) is 4.89. The minimum Gasteiger partial charge on any atom is -0.481 e. The lowest BCUT2D eigenvalue weighted by molar-refractivity contribution is -0.138. The number of nitriles is 1. The van der Waals surface area contributed by atoms with E-state index in [1.54, 1.807) is 4.90 Å². The number of hydrogen-bond donors (Lipinski definition) is 1. The molecule has 5 nitrogen and oxygen atoms in total.